The number of hydrogen-bond acceptors (Lipinski definition) is 6. The van der Waals surface area contributed by atoms with E-state index in [0.717, 1.165) is 0 Å². The van der Waals surface area contributed by atoms with Crippen molar-refractivity contribution in [3.63, 3.8) is 0 Å². The summed E-state index contributed by atoms with van der Waals surface area (Å²) in [4.78, 5) is 25.6. The molecule has 0 spiro atoms. The Kier molecular flexibility index (Phi) is 3.97. The molecule has 9 heteroatoms. The van der Waals surface area contributed by atoms with E-state index in [1.807, 2.05) is 0 Å². The number of hydrogen-bond donors (Lipinski definition) is 1. The van der Waals surface area contributed by atoms with E-state index in [1.54, 1.807) is 18.2 Å². The molecule has 4 rings (SSSR count). The van der Waals surface area contributed by atoms with E-state index in [2.05, 4.69) is 4.72 Å². The summed E-state index contributed by atoms with van der Waals surface area (Å²) in [7, 11) is -7.42. The third kappa shape index (κ3) is 2.96. The number of anilines is 1. The first-order valence-electron chi connectivity index (χ1n) is 8.23. The van der Waals surface area contributed by atoms with Gasteiger partial charge < -0.3 is 0 Å². The highest BCUT2D eigenvalue weighted by Crippen LogP contribution is 2.33. The minimum Gasteiger partial charge on any atom is -0.289 e. The molecule has 2 aliphatic rings. The van der Waals surface area contributed by atoms with Gasteiger partial charge >= 0.3 is 0 Å². The van der Waals surface area contributed by atoms with Crippen molar-refractivity contribution < 1.29 is 26.4 Å². The molecule has 1 atom stereocenters. The van der Waals surface area contributed by atoms with Crippen LogP contribution in [-0.2, 0) is 19.9 Å². The summed E-state index contributed by atoms with van der Waals surface area (Å²) in [5, 5.41) is -1.08. The monoisotopic (exact) mass is 405 g/mol. The summed E-state index contributed by atoms with van der Waals surface area (Å²) in [5.41, 5.74) is 0.593. The Morgan fingerprint density at radius 3 is 2.15 bits per heavy atom. The zero-order valence-corrected chi connectivity index (χ0v) is 15.6. The average molecular weight is 405 g/mol. The Morgan fingerprint density at radius 1 is 0.889 bits per heavy atom. The Balaban J connectivity index is 1.77. The van der Waals surface area contributed by atoms with E-state index in [-0.39, 0.29) is 45.9 Å². The zero-order valence-electron chi connectivity index (χ0n) is 14.0. The first-order valence-corrected chi connectivity index (χ1v) is 11.6. The van der Waals surface area contributed by atoms with Gasteiger partial charge in [0, 0.05) is 16.7 Å². The molecule has 140 valence electrons. The number of rotatable bonds is 3. The maximum Gasteiger partial charge on any atom is 0.236 e. The molecule has 0 radical (unpaired) electrons. The van der Waals surface area contributed by atoms with Gasteiger partial charge in [0.05, 0.1) is 28.0 Å². The highest BCUT2D eigenvalue weighted by molar-refractivity contribution is 7.97. The van der Waals surface area contributed by atoms with Gasteiger partial charge in [-0.3, -0.25) is 14.3 Å². The van der Waals surface area contributed by atoms with Crippen molar-refractivity contribution in [1.82, 2.24) is 0 Å². The molecule has 2 aromatic rings. The van der Waals surface area contributed by atoms with Crippen LogP contribution >= 0.6 is 0 Å². The average Bonchev–Trinajstić information content (AvgIpc) is 3.00. The number of benzene rings is 2. The standard InChI is InChI=1S/C18H15NO6S2/c20-17-12-4-1-2-5-13(12)18(21)16-14(17)6-3-7-15(16)19-27(24,25)11-8-9-26(22,23)10-11/h1-7,11,19H,8-10H2. The van der Waals surface area contributed by atoms with Crippen molar-refractivity contribution in [3.05, 3.63) is 64.7 Å². The van der Waals surface area contributed by atoms with Crippen LogP contribution in [0.5, 0.6) is 0 Å². The minimum absolute atomic E-state index is 0.00238. The summed E-state index contributed by atoms with van der Waals surface area (Å²) < 4.78 is 50.8. The van der Waals surface area contributed by atoms with Gasteiger partial charge in [0.25, 0.3) is 0 Å². The van der Waals surface area contributed by atoms with Crippen molar-refractivity contribution in [3.8, 4) is 0 Å². The second-order valence-corrected chi connectivity index (χ2v) is 10.8. The van der Waals surface area contributed by atoms with Crippen LogP contribution < -0.4 is 4.72 Å². The Hall–Kier alpha value is -2.52. The molecular weight excluding hydrogens is 390 g/mol. The van der Waals surface area contributed by atoms with E-state index >= 15 is 0 Å². The molecule has 27 heavy (non-hydrogen) atoms. The SMILES string of the molecule is O=C1c2ccccc2C(=O)c2c(NS(=O)(=O)C3CCS(=O)(=O)C3)cccc21. The van der Waals surface area contributed by atoms with Crippen LogP contribution in [0.4, 0.5) is 5.69 Å². The molecule has 1 saturated heterocycles. The number of sulfonamides is 1. The zero-order chi connectivity index (χ0) is 19.4. The van der Waals surface area contributed by atoms with Gasteiger partial charge in [-0.15, -0.1) is 0 Å². The van der Waals surface area contributed by atoms with Crippen LogP contribution in [-0.4, -0.2) is 45.2 Å². The molecule has 0 aromatic heterocycles. The van der Waals surface area contributed by atoms with Crippen molar-refractivity contribution >= 4 is 37.1 Å². The van der Waals surface area contributed by atoms with Gasteiger partial charge in [-0.2, -0.15) is 0 Å². The fourth-order valence-corrected chi connectivity index (χ4v) is 7.57. The van der Waals surface area contributed by atoms with Gasteiger partial charge in [-0.1, -0.05) is 36.4 Å². The van der Waals surface area contributed by atoms with Crippen molar-refractivity contribution in [2.24, 2.45) is 0 Å². The molecule has 2 aromatic carbocycles. The molecular formula is C18H15NO6S2. The molecule has 7 nitrogen and oxygen atoms in total. The van der Waals surface area contributed by atoms with E-state index in [1.165, 1.54) is 24.3 Å². The predicted molar refractivity (Wildman–Crippen MR) is 99.4 cm³/mol. The highest BCUT2D eigenvalue weighted by Gasteiger charge is 2.38. The van der Waals surface area contributed by atoms with Crippen LogP contribution in [0.3, 0.4) is 0 Å². The van der Waals surface area contributed by atoms with Gasteiger partial charge in [0.2, 0.25) is 10.0 Å². The summed E-state index contributed by atoms with van der Waals surface area (Å²) in [6.45, 7) is 0. The number of fused-ring (bicyclic) bond motifs is 2. The lowest BCUT2D eigenvalue weighted by Gasteiger charge is -2.21. The smallest absolute Gasteiger partial charge is 0.236 e. The van der Waals surface area contributed by atoms with Gasteiger partial charge in [0.1, 0.15) is 0 Å². The minimum atomic E-state index is -4.03. The number of ketones is 2. The van der Waals surface area contributed by atoms with Crippen LogP contribution in [0.25, 0.3) is 0 Å². The summed E-state index contributed by atoms with van der Waals surface area (Å²) >= 11 is 0. The van der Waals surface area contributed by atoms with Crippen LogP contribution in [0.2, 0.25) is 0 Å². The quantitative estimate of drug-likeness (QED) is 0.704. The van der Waals surface area contributed by atoms with Crippen molar-refractivity contribution in [2.45, 2.75) is 11.7 Å². The summed E-state index contributed by atoms with van der Waals surface area (Å²) in [5.74, 6) is -1.44. The number of sulfone groups is 1. The Bertz CT molecular complexity index is 1200. The van der Waals surface area contributed by atoms with Crippen molar-refractivity contribution in [1.29, 1.82) is 0 Å². The number of carbonyl (C=O) groups is 2. The third-order valence-electron chi connectivity index (χ3n) is 4.83. The lowest BCUT2D eigenvalue weighted by atomic mass is 9.83. The molecule has 0 bridgehead atoms. The van der Waals surface area contributed by atoms with Gasteiger partial charge in [0.15, 0.2) is 21.4 Å². The third-order valence-corrected chi connectivity index (χ3v) is 8.60. The lowest BCUT2D eigenvalue weighted by molar-refractivity contribution is 0.0979. The second kappa shape index (κ2) is 6.00. The first-order chi connectivity index (χ1) is 12.7. The highest BCUT2D eigenvalue weighted by atomic mass is 32.2. The Morgan fingerprint density at radius 2 is 1.52 bits per heavy atom. The summed E-state index contributed by atoms with van der Waals surface area (Å²) in [6, 6.07) is 10.7. The van der Waals surface area contributed by atoms with Crippen molar-refractivity contribution in [2.75, 3.05) is 16.2 Å². The van der Waals surface area contributed by atoms with E-state index in [0.29, 0.717) is 0 Å². The molecule has 1 aliphatic heterocycles. The fourth-order valence-electron chi connectivity index (χ4n) is 3.47. The van der Waals surface area contributed by atoms with E-state index in [9.17, 15) is 26.4 Å². The predicted octanol–water partition coefficient (Wildman–Crippen LogP) is 1.39. The van der Waals surface area contributed by atoms with Crippen LogP contribution in [0.15, 0.2) is 42.5 Å². The largest absolute Gasteiger partial charge is 0.289 e. The molecule has 1 unspecified atom stereocenters. The molecule has 1 N–H and O–H groups in total. The molecule has 1 heterocycles. The molecule has 1 aliphatic carbocycles. The molecule has 1 fully saturated rings. The second-order valence-electron chi connectivity index (χ2n) is 6.60. The van der Waals surface area contributed by atoms with E-state index in [4.69, 9.17) is 0 Å². The fraction of sp³-hybridized carbons (Fsp3) is 0.222. The molecule has 0 saturated carbocycles. The van der Waals surface area contributed by atoms with E-state index < -0.39 is 36.6 Å². The number of carbonyl (C=O) groups excluding carboxylic acids is 2. The molecule has 0 amide bonds. The van der Waals surface area contributed by atoms with Crippen LogP contribution in [0.1, 0.15) is 38.3 Å². The topological polar surface area (TPSA) is 114 Å². The summed E-state index contributed by atoms with van der Waals surface area (Å²) in [6.07, 6.45) is 0.00238. The first kappa shape index (κ1) is 17.9. The number of nitrogens with one attached hydrogen (secondary N) is 1. The normalized spacial score (nSPS) is 20.8. The van der Waals surface area contributed by atoms with Gasteiger partial charge in [-0.25, -0.2) is 16.8 Å². The van der Waals surface area contributed by atoms with Gasteiger partial charge in [-0.05, 0) is 12.5 Å². The lowest BCUT2D eigenvalue weighted by Crippen LogP contribution is -2.30. The maximum absolute atomic E-state index is 12.9. The Labute approximate surface area is 156 Å². The van der Waals surface area contributed by atoms with Crippen LogP contribution in [0, 0.1) is 0 Å². The maximum atomic E-state index is 12.9.